The van der Waals surface area contributed by atoms with Crippen LogP contribution in [0.15, 0.2) is 40.9 Å². The minimum Gasteiger partial charge on any atom is -0.492 e. The lowest BCUT2D eigenvalue weighted by Crippen LogP contribution is -2.21. The molecule has 30 heavy (non-hydrogen) atoms. The minimum absolute atomic E-state index is 0.0221. The lowest BCUT2D eigenvalue weighted by Gasteiger charge is -2.12. The van der Waals surface area contributed by atoms with Crippen molar-refractivity contribution in [1.29, 1.82) is 0 Å². The van der Waals surface area contributed by atoms with Crippen molar-refractivity contribution >= 4 is 56.7 Å². The van der Waals surface area contributed by atoms with E-state index in [0.29, 0.717) is 23.3 Å². The van der Waals surface area contributed by atoms with E-state index in [1.807, 2.05) is 0 Å². The fraction of sp³-hybridized carbons (Fsp3) is 0.263. The topological polar surface area (TPSA) is 64.6 Å². The maximum absolute atomic E-state index is 12.7. The van der Waals surface area contributed by atoms with Crippen molar-refractivity contribution in [3.63, 3.8) is 0 Å². The molecule has 0 radical (unpaired) electrons. The molecule has 0 aliphatic carbocycles. The van der Waals surface area contributed by atoms with Gasteiger partial charge in [0, 0.05) is 10.9 Å². The Kier molecular flexibility index (Phi) is 8.81. The van der Waals surface area contributed by atoms with Crippen LogP contribution in [0.3, 0.4) is 0 Å². The number of esters is 1. The SMILES string of the molecule is O=C(COC(=O)CCCOc1ccc(Br)cc1Cl)Nc1cc(C(F)(F)F)ccc1Cl. The summed E-state index contributed by atoms with van der Waals surface area (Å²) < 4.78 is 49.3. The van der Waals surface area contributed by atoms with Gasteiger partial charge in [0.2, 0.25) is 0 Å². The largest absolute Gasteiger partial charge is 0.492 e. The van der Waals surface area contributed by atoms with Crippen LogP contribution >= 0.6 is 39.1 Å². The second kappa shape index (κ2) is 10.9. The van der Waals surface area contributed by atoms with Crippen LogP contribution < -0.4 is 10.1 Å². The molecule has 0 bridgehead atoms. The van der Waals surface area contributed by atoms with Crippen molar-refractivity contribution in [3.8, 4) is 5.75 Å². The van der Waals surface area contributed by atoms with Gasteiger partial charge in [-0.2, -0.15) is 13.2 Å². The van der Waals surface area contributed by atoms with E-state index in [1.54, 1.807) is 18.2 Å². The third-order valence-corrected chi connectivity index (χ3v) is 4.73. The van der Waals surface area contributed by atoms with E-state index in [1.165, 1.54) is 0 Å². The van der Waals surface area contributed by atoms with Crippen LogP contribution in [-0.2, 0) is 20.5 Å². The predicted octanol–water partition coefficient (Wildman–Crippen LogP) is 6.12. The van der Waals surface area contributed by atoms with Crippen molar-refractivity contribution in [2.45, 2.75) is 19.0 Å². The molecule has 1 N–H and O–H groups in total. The highest BCUT2D eigenvalue weighted by Gasteiger charge is 2.31. The van der Waals surface area contributed by atoms with Gasteiger partial charge in [-0.1, -0.05) is 39.1 Å². The van der Waals surface area contributed by atoms with Gasteiger partial charge >= 0.3 is 12.1 Å². The van der Waals surface area contributed by atoms with Crippen LogP contribution in [0.25, 0.3) is 0 Å². The number of halogens is 6. The Morgan fingerprint density at radius 1 is 1.07 bits per heavy atom. The van der Waals surface area contributed by atoms with Crippen molar-refractivity contribution in [2.24, 2.45) is 0 Å². The van der Waals surface area contributed by atoms with Crippen LogP contribution in [0.5, 0.6) is 5.75 Å². The average molecular weight is 529 g/mol. The van der Waals surface area contributed by atoms with Crippen molar-refractivity contribution in [3.05, 3.63) is 56.5 Å². The molecular formula is C19H15BrCl2F3NO4. The molecule has 0 spiro atoms. The van der Waals surface area contributed by atoms with E-state index in [0.717, 1.165) is 16.6 Å². The molecule has 0 saturated heterocycles. The van der Waals surface area contributed by atoms with E-state index in [-0.39, 0.29) is 23.7 Å². The van der Waals surface area contributed by atoms with Crippen molar-refractivity contribution in [1.82, 2.24) is 0 Å². The summed E-state index contributed by atoms with van der Waals surface area (Å²) >= 11 is 15.1. The number of rotatable bonds is 8. The summed E-state index contributed by atoms with van der Waals surface area (Å²) in [6.07, 6.45) is -4.29. The van der Waals surface area contributed by atoms with Gasteiger partial charge < -0.3 is 14.8 Å². The average Bonchev–Trinajstić information content (AvgIpc) is 2.66. The molecular weight excluding hydrogens is 514 g/mol. The van der Waals surface area contributed by atoms with E-state index >= 15 is 0 Å². The quantitative estimate of drug-likeness (QED) is 0.331. The molecule has 0 aromatic heterocycles. The van der Waals surface area contributed by atoms with Crippen molar-refractivity contribution in [2.75, 3.05) is 18.5 Å². The molecule has 0 saturated carbocycles. The lowest BCUT2D eigenvalue weighted by molar-refractivity contribution is -0.147. The van der Waals surface area contributed by atoms with Crippen LogP contribution in [-0.4, -0.2) is 25.1 Å². The molecule has 0 heterocycles. The zero-order valence-electron chi connectivity index (χ0n) is 15.2. The summed E-state index contributed by atoms with van der Waals surface area (Å²) in [4.78, 5) is 23.5. The lowest BCUT2D eigenvalue weighted by atomic mass is 10.2. The van der Waals surface area contributed by atoms with Crippen LogP contribution in [0.2, 0.25) is 10.0 Å². The van der Waals surface area contributed by atoms with Gasteiger partial charge in [0.05, 0.1) is 27.9 Å². The second-order valence-electron chi connectivity index (χ2n) is 5.93. The summed E-state index contributed by atoms with van der Waals surface area (Å²) in [7, 11) is 0. The number of hydrogen-bond donors (Lipinski definition) is 1. The molecule has 162 valence electrons. The highest BCUT2D eigenvalue weighted by molar-refractivity contribution is 9.10. The molecule has 2 aromatic rings. The molecule has 2 aromatic carbocycles. The summed E-state index contributed by atoms with van der Waals surface area (Å²) in [6.45, 7) is -0.465. The molecule has 0 fully saturated rings. The monoisotopic (exact) mass is 527 g/mol. The molecule has 2 rings (SSSR count). The highest BCUT2D eigenvalue weighted by atomic mass is 79.9. The van der Waals surface area contributed by atoms with Gasteiger partial charge in [0.1, 0.15) is 5.75 Å². The number of carbonyl (C=O) groups is 2. The van der Waals surface area contributed by atoms with Gasteiger partial charge in [0.25, 0.3) is 5.91 Å². The van der Waals surface area contributed by atoms with Gasteiger partial charge in [0.15, 0.2) is 6.61 Å². The zero-order chi connectivity index (χ0) is 22.3. The highest BCUT2D eigenvalue weighted by Crippen LogP contribution is 2.33. The molecule has 0 atom stereocenters. The molecule has 0 aliphatic rings. The minimum atomic E-state index is -4.58. The third kappa shape index (κ3) is 7.70. The smallest absolute Gasteiger partial charge is 0.416 e. The zero-order valence-corrected chi connectivity index (χ0v) is 18.3. The van der Waals surface area contributed by atoms with Gasteiger partial charge in [-0.25, -0.2) is 0 Å². The molecule has 1 amide bonds. The number of anilines is 1. The normalized spacial score (nSPS) is 11.1. The number of nitrogens with one attached hydrogen (secondary N) is 1. The number of amides is 1. The number of ether oxygens (including phenoxy) is 2. The Bertz CT molecular complexity index is 925. The summed E-state index contributed by atoms with van der Waals surface area (Å²) in [5, 5.41) is 2.52. The molecule has 0 aliphatic heterocycles. The first kappa shape index (κ1) is 24.3. The Morgan fingerprint density at radius 3 is 2.47 bits per heavy atom. The van der Waals surface area contributed by atoms with E-state index in [2.05, 4.69) is 21.2 Å². The predicted molar refractivity (Wildman–Crippen MR) is 110 cm³/mol. The Hall–Kier alpha value is -1.97. The van der Waals surface area contributed by atoms with E-state index < -0.39 is 30.2 Å². The fourth-order valence-electron chi connectivity index (χ4n) is 2.19. The Labute approximate surface area is 188 Å². The standard InChI is InChI=1S/C19H15BrCl2F3NO4/c20-12-4-6-16(14(22)9-12)29-7-1-2-18(28)30-10-17(27)26-15-8-11(19(23,24)25)3-5-13(15)21/h3-6,8-9H,1-2,7,10H2,(H,26,27). The van der Waals surface area contributed by atoms with E-state index in [4.69, 9.17) is 32.7 Å². The van der Waals surface area contributed by atoms with Gasteiger partial charge in [-0.15, -0.1) is 0 Å². The summed E-state index contributed by atoms with van der Waals surface area (Å²) in [6, 6.07) is 7.61. The third-order valence-electron chi connectivity index (χ3n) is 3.61. The maximum Gasteiger partial charge on any atom is 0.416 e. The first-order chi connectivity index (χ1) is 14.1. The number of carbonyl (C=O) groups excluding carboxylic acids is 2. The number of benzene rings is 2. The maximum atomic E-state index is 12.7. The summed E-state index contributed by atoms with van der Waals surface area (Å²) in [5.41, 5.74) is -1.20. The van der Waals surface area contributed by atoms with Gasteiger partial charge in [-0.05, 0) is 42.8 Å². The Morgan fingerprint density at radius 2 is 1.80 bits per heavy atom. The second-order valence-corrected chi connectivity index (χ2v) is 7.66. The number of alkyl halides is 3. The van der Waals surface area contributed by atoms with Crippen LogP contribution in [0.1, 0.15) is 18.4 Å². The van der Waals surface area contributed by atoms with Crippen LogP contribution in [0.4, 0.5) is 18.9 Å². The van der Waals surface area contributed by atoms with Crippen molar-refractivity contribution < 1.29 is 32.2 Å². The molecule has 11 heteroatoms. The first-order valence-corrected chi connectivity index (χ1v) is 10.0. The summed E-state index contributed by atoms with van der Waals surface area (Å²) in [5.74, 6) is -1.01. The molecule has 0 unspecified atom stereocenters. The fourth-order valence-corrected chi connectivity index (χ4v) is 3.09. The van der Waals surface area contributed by atoms with Crippen LogP contribution in [0, 0.1) is 0 Å². The van der Waals surface area contributed by atoms with Gasteiger partial charge in [-0.3, -0.25) is 9.59 Å². The first-order valence-electron chi connectivity index (χ1n) is 8.46. The van der Waals surface area contributed by atoms with E-state index in [9.17, 15) is 22.8 Å². The molecule has 5 nitrogen and oxygen atoms in total. The Balaban J connectivity index is 1.74. The number of hydrogen-bond acceptors (Lipinski definition) is 4.